The summed E-state index contributed by atoms with van der Waals surface area (Å²) in [4.78, 5) is 23.4. The number of fused-ring (bicyclic) bond motifs is 2. The highest BCUT2D eigenvalue weighted by Crippen LogP contribution is 2.29. The van der Waals surface area contributed by atoms with Gasteiger partial charge in [-0.2, -0.15) is 0 Å². The minimum absolute atomic E-state index is 0.0949. The topological polar surface area (TPSA) is 74.6 Å². The quantitative estimate of drug-likeness (QED) is 0.534. The molecular weight excluding hydrogens is 220 g/mol. The van der Waals surface area contributed by atoms with Crippen LogP contribution >= 0.6 is 0 Å². The molecule has 0 radical (unpaired) electrons. The highest BCUT2D eigenvalue weighted by Gasteiger charge is 2.48. The first-order chi connectivity index (χ1) is 8.03. The van der Waals surface area contributed by atoms with Gasteiger partial charge in [0.05, 0.1) is 12.3 Å². The predicted octanol–water partition coefficient (Wildman–Crippen LogP) is -0.797. The van der Waals surface area contributed by atoms with Crippen LogP contribution in [-0.4, -0.2) is 33.5 Å². The van der Waals surface area contributed by atoms with Crippen molar-refractivity contribution in [3.05, 3.63) is 12.2 Å². The summed E-state index contributed by atoms with van der Waals surface area (Å²) >= 11 is 0. The van der Waals surface area contributed by atoms with E-state index in [0.29, 0.717) is 0 Å². The van der Waals surface area contributed by atoms with Gasteiger partial charge in [-0.15, -0.1) is 0 Å². The molecular formula is C13H10O4. The maximum atomic E-state index is 12.0. The molecule has 4 heteroatoms. The number of hydrogen-bond acceptors (Lipinski definition) is 4. The average Bonchev–Trinajstić information content (AvgIpc) is 2.26. The lowest BCUT2D eigenvalue weighted by molar-refractivity contribution is -0.150. The Hall–Kier alpha value is -1.88. The zero-order valence-electron chi connectivity index (χ0n) is 8.93. The van der Waals surface area contributed by atoms with Crippen LogP contribution in [0, 0.1) is 29.6 Å². The van der Waals surface area contributed by atoms with Crippen molar-refractivity contribution in [1.29, 1.82) is 0 Å². The maximum absolute atomic E-state index is 12.0. The largest absolute Gasteiger partial charge is 0.380 e. The van der Waals surface area contributed by atoms with Crippen molar-refractivity contribution >= 4 is 11.6 Å². The second kappa shape index (κ2) is 4.18. The highest BCUT2D eigenvalue weighted by molar-refractivity contribution is 6.03. The monoisotopic (exact) mass is 230 g/mol. The van der Waals surface area contributed by atoms with Crippen LogP contribution in [0.5, 0.6) is 0 Å². The average molecular weight is 230 g/mol. The maximum Gasteiger partial charge on any atom is 0.191 e. The first-order valence-corrected chi connectivity index (χ1v) is 5.18. The number of aliphatic hydroxyl groups excluding tert-OH is 1. The van der Waals surface area contributed by atoms with Gasteiger partial charge >= 0.3 is 0 Å². The summed E-state index contributed by atoms with van der Waals surface area (Å²) in [5.41, 5.74) is -1.98. The van der Waals surface area contributed by atoms with Crippen LogP contribution in [0.25, 0.3) is 0 Å². The molecule has 1 saturated carbocycles. The van der Waals surface area contributed by atoms with E-state index in [2.05, 4.69) is 23.7 Å². The summed E-state index contributed by atoms with van der Waals surface area (Å²) < 4.78 is 0. The summed E-state index contributed by atoms with van der Waals surface area (Å²) in [5.74, 6) is 7.91. The summed E-state index contributed by atoms with van der Waals surface area (Å²) in [6.45, 7) is 0. The number of rotatable bonds is 0. The van der Waals surface area contributed by atoms with Gasteiger partial charge in [0.1, 0.15) is 11.9 Å². The predicted molar refractivity (Wildman–Crippen MR) is 58.4 cm³/mol. The molecule has 0 aromatic carbocycles. The van der Waals surface area contributed by atoms with Gasteiger partial charge in [-0.25, -0.2) is 0 Å². The molecule has 0 aliphatic heterocycles. The number of aliphatic hydroxyl groups is 2. The Morgan fingerprint density at radius 1 is 1.29 bits per heavy atom. The van der Waals surface area contributed by atoms with Gasteiger partial charge in [0.25, 0.3) is 0 Å². The molecule has 17 heavy (non-hydrogen) atoms. The summed E-state index contributed by atoms with van der Waals surface area (Å²) in [6, 6.07) is 0. The number of carbonyl (C=O) groups is 2. The Labute approximate surface area is 98.3 Å². The summed E-state index contributed by atoms with van der Waals surface area (Å²) in [7, 11) is 0. The number of allylic oxidation sites excluding steroid dienone is 2. The minimum atomic E-state index is -1.98. The van der Waals surface area contributed by atoms with Gasteiger partial charge in [-0.3, -0.25) is 9.59 Å². The molecule has 1 fully saturated rings. The Morgan fingerprint density at radius 2 is 2.00 bits per heavy atom. The summed E-state index contributed by atoms with van der Waals surface area (Å²) in [5, 5.41) is 19.7. The molecule has 0 saturated heterocycles. The standard InChI is InChI=1S/C13H10O4/c14-9-7-10-11(15)5-3-1-2-4-6-13(17,8-9)12(10)16/h1-2,10-11,15,17H,7-8H2/b2-1+. The molecule has 3 atom stereocenters. The number of hydrogen-bond donors (Lipinski definition) is 2. The fourth-order valence-corrected chi connectivity index (χ4v) is 1.93. The molecule has 2 bridgehead atoms. The van der Waals surface area contributed by atoms with Gasteiger partial charge in [0.15, 0.2) is 11.4 Å². The van der Waals surface area contributed by atoms with E-state index in [1.807, 2.05) is 0 Å². The van der Waals surface area contributed by atoms with E-state index in [4.69, 9.17) is 0 Å². The Bertz CT molecular complexity index is 523. The first kappa shape index (κ1) is 11.6. The van der Waals surface area contributed by atoms with Gasteiger partial charge in [-0.1, -0.05) is 23.7 Å². The van der Waals surface area contributed by atoms with Crippen molar-refractivity contribution in [2.45, 2.75) is 24.5 Å². The highest BCUT2D eigenvalue weighted by atomic mass is 16.3. The van der Waals surface area contributed by atoms with Crippen molar-refractivity contribution in [1.82, 2.24) is 0 Å². The molecule has 2 N–H and O–H groups in total. The van der Waals surface area contributed by atoms with E-state index in [-0.39, 0.29) is 18.6 Å². The fraction of sp³-hybridized carbons (Fsp3) is 0.385. The molecule has 0 aromatic rings. The lowest BCUT2D eigenvalue weighted by Crippen LogP contribution is -2.51. The molecule has 2 rings (SSSR count). The van der Waals surface area contributed by atoms with Crippen molar-refractivity contribution in [2.75, 3.05) is 0 Å². The van der Waals surface area contributed by atoms with Crippen LogP contribution in [0.15, 0.2) is 12.2 Å². The molecule has 4 nitrogen and oxygen atoms in total. The zero-order valence-corrected chi connectivity index (χ0v) is 8.93. The molecule has 86 valence electrons. The van der Waals surface area contributed by atoms with Crippen molar-refractivity contribution in [2.24, 2.45) is 5.92 Å². The smallest absolute Gasteiger partial charge is 0.191 e. The van der Waals surface area contributed by atoms with Crippen LogP contribution in [-0.2, 0) is 9.59 Å². The SMILES string of the molecule is O=C1CC2C(=O)C(O)(C#C/C=C/C#CC2O)C1. The van der Waals surface area contributed by atoms with E-state index in [1.165, 1.54) is 12.2 Å². The van der Waals surface area contributed by atoms with Crippen molar-refractivity contribution < 1.29 is 19.8 Å². The van der Waals surface area contributed by atoms with Crippen LogP contribution in [0.1, 0.15) is 12.8 Å². The Kier molecular flexibility index (Phi) is 2.85. The molecule has 3 unspecified atom stereocenters. The lowest BCUT2D eigenvalue weighted by atomic mass is 9.74. The lowest BCUT2D eigenvalue weighted by Gasteiger charge is -2.31. The van der Waals surface area contributed by atoms with E-state index >= 15 is 0 Å². The van der Waals surface area contributed by atoms with Crippen molar-refractivity contribution in [3.63, 3.8) is 0 Å². The van der Waals surface area contributed by atoms with Crippen LogP contribution in [0.3, 0.4) is 0 Å². The van der Waals surface area contributed by atoms with Crippen LogP contribution in [0.2, 0.25) is 0 Å². The van der Waals surface area contributed by atoms with Gasteiger partial charge in [0.2, 0.25) is 0 Å². The van der Waals surface area contributed by atoms with E-state index in [9.17, 15) is 19.8 Å². The fourth-order valence-electron chi connectivity index (χ4n) is 1.93. The van der Waals surface area contributed by atoms with Gasteiger partial charge < -0.3 is 10.2 Å². The molecule has 0 spiro atoms. The third kappa shape index (κ3) is 2.14. The van der Waals surface area contributed by atoms with Crippen LogP contribution < -0.4 is 0 Å². The Balaban J connectivity index is 2.50. The summed E-state index contributed by atoms with van der Waals surface area (Å²) in [6.07, 6.45) is 1.13. The second-order valence-corrected chi connectivity index (χ2v) is 4.09. The van der Waals surface area contributed by atoms with Gasteiger partial charge in [0, 0.05) is 6.42 Å². The van der Waals surface area contributed by atoms with Gasteiger partial charge in [-0.05, 0) is 12.2 Å². The van der Waals surface area contributed by atoms with Crippen LogP contribution in [0.4, 0.5) is 0 Å². The van der Waals surface area contributed by atoms with E-state index in [1.54, 1.807) is 0 Å². The van der Waals surface area contributed by atoms with E-state index < -0.39 is 23.4 Å². The molecule has 0 amide bonds. The molecule has 2 aliphatic carbocycles. The first-order valence-electron chi connectivity index (χ1n) is 5.18. The number of ketones is 2. The Morgan fingerprint density at radius 3 is 2.76 bits per heavy atom. The molecule has 0 heterocycles. The third-order valence-corrected chi connectivity index (χ3v) is 2.79. The molecule has 0 aromatic heterocycles. The van der Waals surface area contributed by atoms with Crippen molar-refractivity contribution in [3.8, 4) is 23.7 Å². The third-order valence-electron chi connectivity index (χ3n) is 2.79. The number of carbonyl (C=O) groups excluding carboxylic acids is 2. The minimum Gasteiger partial charge on any atom is -0.380 e. The van der Waals surface area contributed by atoms with E-state index in [0.717, 1.165) is 0 Å². The second-order valence-electron chi connectivity index (χ2n) is 4.09. The normalized spacial score (nSPS) is 37.3. The number of Topliss-reactive ketones (excluding diaryl/α,β-unsaturated/α-hetero) is 2. The molecule has 2 aliphatic rings. The zero-order chi connectivity index (χ0) is 12.5.